The van der Waals surface area contributed by atoms with Crippen molar-refractivity contribution < 1.29 is 19.4 Å². The maximum absolute atomic E-state index is 13.1. The zero-order valence-electron chi connectivity index (χ0n) is 16.8. The highest BCUT2D eigenvalue weighted by Crippen LogP contribution is 2.42. The lowest BCUT2D eigenvalue weighted by molar-refractivity contribution is -0.132. The van der Waals surface area contributed by atoms with Crippen molar-refractivity contribution in [3.05, 3.63) is 100 Å². The van der Waals surface area contributed by atoms with Gasteiger partial charge in [0.05, 0.1) is 18.2 Å². The topological polar surface area (TPSA) is 66.8 Å². The van der Waals surface area contributed by atoms with E-state index in [9.17, 15) is 14.7 Å². The molecule has 1 aliphatic heterocycles. The molecule has 1 N–H and O–H groups in total. The molecule has 0 spiro atoms. The number of carbonyl (C=O) groups is 2. The molecule has 1 amide bonds. The van der Waals surface area contributed by atoms with Crippen LogP contribution in [0.25, 0.3) is 5.76 Å². The number of rotatable bonds is 5. The first-order valence-electron chi connectivity index (χ1n) is 9.86. The quantitative estimate of drug-likeness (QED) is 0.300. The molecule has 0 saturated carbocycles. The average molecular weight is 478 g/mol. The Morgan fingerprint density at radius 2 is 1.61 bits per heavy atom. The van der Waals surface area contributed by atoms with Gasteiger partial charge in [0, 0.05) is 15.7 Å². The van der Waals surface area contributed by atoms with E-state index >= 15 is 0 Å². The lowest BCUT2D eigenvalue weighted by atomic mass is 9.95. The van der Waals surface area contributed by atoms with Crippen molar-refractivity contribution in [3.8, 4) is 5.75 Å². The van der Waals surface area contributed by atoms with Gasteiger partial charge in [-0.25, -0.2) is 0 Å². The van der Waals surface area contributed by atoms with E-state index in [1.54, 1.807) is 48.5 Å². The van der Waals surface area contributed by atoms with Crippen LogP contribution < -0.4 is 9.64 Å². The highest BCUT2D eigenvalue weighted by atomic mass is 79.9. The summed E-state index contributed by atoms with van der Waals surface area (Å²) in [6.07, 6.45) is 0. The van der Waals surface area contributed by atoms with Gasteiger partial charge in [-0.3, -0.25) is 14.5 Å². The third-order valence-electron chi connectivity index (χ3n) is 5.10. The van der Waals surface area contributed by atoms with Crippen molar-refractivity contribution in [2.24, 2.45) is 0 Å². The number of Topliss-reactive ketones (excluding diaryl/α,β-unsaturated/α-hetero) is 1. The highest BCUT2D eigenvalue weighted by Gasteiger charge is 2.46. The fourth-order valence-electron chi connectivity index (χ4n) is 3.68. The largest absolute Gasteiger partial charge is 0.507 e. The molecule has 0 aromatic heterocycles. The zero-order valence-corrected chi connectivity index (χ0v) is 18.4. The van der Waals surface area contributed by atoms with Crippen LogP contribution in [0.3, 0.4) is 0 Å². The van der Waals surface area contributed by atoms with E-state index in [4.69, 9.17) is 4.74 Å². The second-order valence-electron chi connectivity index (χ2n) is 7.01. The van der Waals surface area contributed by atoms with Crippen LogP contribution in [0.5, 0.6) is 5.75 Å². The predicted molar refractivity (Wildman–Crippen MR) is 123 cm³/mol. The summed E-state index contributed by atoms with van der Waals surface area (Å²) in [4.78, 5) is 27.6. The third kappa shape index (κ3) is 3.99. The molecule has 0 aliphatic carbocycles. The summed E-state index contributed by atoms with van der Waals surface area (Å²) in [6, 6.07) is 22.4. The van der Waals surface area contributed by atoms with Gasteiger partial charge in [-0.05, 0) is 48.9 Å². The van der Waals surface area contributed by atoms with E-state index in [-0.39, 0.29) is 11.3 Å². The number of hydrogen-bond donors (Lipinski definition) is 1. The summed E-state index contributed by atoms with van der Waals surface area (Å²) in [5.74, 6) is -0.926. The Morgan fingerprint density at radius 1 is 0.968 bits per heavy atom. The number of carbonyl (C=O) groups excluding carboxylic acids is 2. The molecular formula is C25H20BrNO4. The van der Waals surface area contributed by atoms with Crippen molar-refractivity contribution in [1.29, 1.82) is 0 Å². The average Bonchev–Trinajstić information content (AvgIpc) is 3.06. The summed E-state index contributed by atoms with van der Waals surface area (Å²) < 4.78 is 6.36. The summed E-state index contributed by atoms with van der Waals surface area (Å²) in [5, 5.41) is 11.0. The van der Waals surface area contributed by atoms with Crippen LogP contribution in [-0.2, 0) is 9.59 Å². The van der Waals surface area contributed by atoms with Gasteiger partial charge >= 0.3 is 0 Å². The van der Waals surface area contributed by atoms with Crippen LogP contribution in [0.15, 0.2) is 88.9 Å². The molecule has 4 rings (SSSR count). The smallest absolute Gasteiger partial charge is 0.300 e. The first-order valence-corrected chi connectivity index (χ1v) is 10.6. The van der Waals surface area contributed by atoms with Crippen molar-refractivity contribution in [3.63, 3.8) is 0 Å². The lowest BCUT2D eigenvalue weighted by Crippen LogP contribution is -2.29. The van der Waals surface area contributed by atoms with E-state index < -0.39 is 17.7 Å². The summed E-state index contributed by atoms with van der Waals surface area (Å²) >= 11 is 3.42. The zero-order chi connectivity index (χ0) is 22.0. The Balaban J connectivity index is 1.88. The Hall–Kier alpha value is -3.38. The van der Waals surface area contributed by atoms with Crippen LogP contribution in [0.4, 0.5) is 5.69 Å². The normalized spacial score (nSPS) is 17.7. The number of halogens is 1. The molecule has 3 aromatic carbocycles. The van der Waals surface area contributed by atoms with Gasteiger partial charge in [-0.1, -0.05) is 58.4 Å². The van der Waals surface area contributed by atoms with Gasteiger partial charge in [-0.15, -0.1) is 0 Å². The Bertz CT molecular complexity index is 1140. The number of nitrogens with zero attached hydrogens (tertiary/aromatic N) is 1. The maximum Gasteiger partial charge on any atom is 0.300 e. The summed E-state index contributed by atoms with van der Waals surface area (Å²) in [5.41, 5.74) is 1.81. The number of hydrogen-bond acceptors (Lipinski definition) is 4. The van der Waals surface area contributed by atoms with Gasteiger partial charge in [-0.2, -0.15) is 0 Å². The van der Waals surface area contributed by atoms with Crippen LogP contribution in [0.1, 0.15) is 24.1 Å². The van der Waals surface area contributed by atoms with Gasteiger partial charge in [0.15, 0.2) is 0 Å². The number of aliphatic hydroxyl groups excluding tert-OH is 1. The van der Waals surface area contributed by atoms with E-state index in [1.165, 1.54) is 4.90 Å². The second-order valence-corrected chi connectivity index (χ2v) is 7.93. The minimum Gasteiger partial charge on any atom is -0.507 e. The van der Waals surface area contributed by atoms with Crippen molar-refractivity contribution in [2.45, 2.75) is 13.0 Å². The van der Waals surface area contributed by atoms with Crippen LogP contribution in [0.2, 0.25) is 0 Å². The number of ketones is 1. The van der Waals surface area contributed by atoms with E-state index in [0.717, 1.165) is 4.47 Å². The molecule has 5 nitrogen and oxygen atoms in total. The van der Waals surface area contributed by atoms with Crippen LogP contribution in [0, 0.1) is 0 Å². The van der Waals surface area contributed by atoms with Gasteiger partial charge in [0.1, 0.15) is 11.5 Å². The predicted octanol–water partition coefficient (Wildman–Crippen LogP) is 5.47. The molecule has 1 heterocycles. The fourth-order valence-corrected chi connectivity index (χ4v) is 3.94. The molecule has 0 bridgehead atoms. The van der Waals surface area contributed by atoms with E-state index in [1.807, 2.05) is 37.3 Å². The molecule has 1 atom stereocenters. The minimum atomic E-state index is -0.758. The van der Waals surface area contributed by atoms with Crippen LogP contribution >= 0.6 is 15.9 Å². The monoisotopic (exact) mass is 477 g/mol. The third-order valence-corrected chi connectivity index (χ3v) is 5.63. The SMILES string of the molecule is CCOc1ccc(N2C(=O)C(=O)C(=C(O)c3ccccc3)[C@@H]2c2ccc(Br)cc2)cc1. The van der Waals surface area contributed by atoms with Crippen molar-refractivity contribution in [1.82, 2.24) is 0 Å². The molecule has 0 unspecified atom stereocenters. The number of ether oxygens (including phenoxy) is 1. The Labute approximate surface area is 188 Å². The van der Waals surface area contributed by atoms with Gasteiger partial charge in [0.25, 0.3) is 11.7 Å². The highest BCUT2D eigenvalue weighted by molar-refractivity contribution is 9.10. The van der Waals surface area contributed by atoms with Crippen molar-refractivity contribution >= 4 is 39.1 Å². The van der Waals surface area contributed by atoms with Gasteiger partial charge < -0.3 is 9.84 Å². The molecule has 1 saturated heterocycles. The number of anilines is 1. The summed E-state index contributed by atoms with van der Waals surface area (Å²) in [7, 11) is 0. The molecule has 0 radical (unpaired) electrons. The molecule has 156 valence electrons. The Morgan fingerprint density at radius 3 is 2.23 bits per heavy atom. The summed E-state index contributed by atoms with van der Waals surface area (Å²) in [6.45, 7) is 2.42. The maximum atomic E-state index is 13.1. The minimum absolute atomic E-state index is 0.0624. The molecule has 6 heteroatoms. The molecule has 3 aromatic rings. The lowest BCUT2D eigenvalue weighted by Gasteiger charge is -2.25. The molecule has 1 fully saturated rings. The fraction of sp³-hybridized carbons (Fsp3) is 0.120. The van der Waals surface area contributed by atoms with Crippen LogP contribution in [-0.4, -0.2) is 23.4 Å². The van der Waals surface area contributed by atoms with E-state index in [2.05, 4.69) is 15.9 Å². The van der Waals surface area contributed by atoms with Crippen molar-refractivity contribution in [2.75, 3.05) is 11.5 Å². The number of amides is 1. The number of aliphatic hydroxyl groups is 1. The van der Waals surface area contributed by atoms with Gasteiger partial charge in [0.2, 0.25) is 0 Å². The second kappa shape index (κ2) is 8.78. The number of benzene rings is 3. The molecule has 31 heavy (non-hydrogen) atoms. The first kappa shape index (κ1) is 20.9. The first-order chi connectivity index (χ1) is 15.0. The van der Waals surface area contributed by atoms with E-state index in [0.29, 0.717) is 29.2 Å². The molecular weight excluding hydrogens is 458 g/mol. The standard InChI is InChI=1S/C25H20BrNO4/c1-2-31-20-14-12-19(13-15-20)27-22(16-8-10-18(26)11-9-16)21(24(29)25(27)30)23(28)17-6-4-3-5-7-17/h3-15,22,28H,2H2,1H3/t22-/m0/s1. The molecule has 1 aliphatic rings. The Kier molecular flexibility index (Phi) is 5.91.